The van der Waals surface area contributed by atoms with Gasteiger partial charge in [0.1, 0.15) is 5.52 Å². The third kappa shape index (κ3) is 5.16. The zero-order valence-electron chi connectivity index (χ0n) is 25.8. The van der Waals surface area contributed by atoms with Crippen molar-refractivity contribution in [2.75, 3.05) is 6.54 Å². The zero-order valence-corrected chi connectivity index (χ0v) is 25.8. The Bertz CT molecular complexity index is 2340. The maximum Gasteiger partial charge on any atom is 0.227 e. The maximum atomic E-state index is 6.57. The first-order chi connectivity index (χ1) is 23.2. The van der Waals surface area contributed by atoms with Crippen LogP contribution < -0.4 is 5.32 Å². The highest BCUT2D eigenvalue weighted by atomic mass is 16.3. The van der Waals surface area contributed by atoms with E-state index < -0.39 is 0 Å². The molecule has 6 aromatic rings. The number of oxazole rings is 1. The Labute approximate surface area is 274 Å². The van der Waals surface area contributed by atoms with E-state index in [1.807, 2.05) is 12.3 Å². The number of dihydropyridines is 1. The first-order valence-electron chi connectivity index (χ1n) is 16.2. The minimum atomic E-state index is 0.360. The van der Waals surface area contributed by atoms with E-state index in [4.69, 9.17) is 9.40 Å². The summed E-state index contributed by atoms with van der Waals surface area (Å²) in [5, 5.41) is 5.72. The second-order valence-electron chi connectivity index (χ2n) is 12.4. The first kappa shape index (κ1) is 27.4. The number of fused-ring (bicyclic) bond motifs is 3. The molecule has 0 radical (unpaired) electrons. The number of nitrogens with zero attached hydrogens (tertiary/aromatic N) is 1. The number of nitrogens with one attached hydrogen (secondary N) is 1. The van der Waals surface area contributed by atoms with Crippen LogP contribution in [-0.2, 0) is 0 Å². The predicted molar refractivity (Wildman–Crippen MR) is 195 cm³/mol. The molecule has 2 unspecified atom stereocenters. The van der Waals surface area contributed by atoms with Gasteiger partial charge in [0.15, 0.2) is 5.58 Å². The molecule has 3 heteroatoms. The van der Waals surface area contributed by atoms with Crippen LogP contribution in [0.25, 0.3) is 66.7 Å². The van der Waals surface area contributed by atoms with E-state index in [1.54, 1.807) is 0 Å². The van der Waals surface area contributed by atoms with Gasteiger partial charge in [0.2, 0.25) is 5.89 Å². The second-order valence-corrected chi connectivity index (χ2v) is 12.4. The molecule has 0 bridgehead atoms. The molecule has 0 spiro atoms. The van der Waals surface area contributed by atoms with Gasteiger partial charge in [-0.3, -0.25) is 0 Å². The van der Waals surface area contributed by atoms with Gasteiger partial charge in [0.25, 0.3) is 0 Å². The number of aromatic nitrogens is 1. The molecule has 224 valence electrons. The van der Waals surface area contributed by atoms with Gasteiger partial charge in [-0.1, -0.05) is 121 Å². The van der Waals surface area contributed by atoms with E-state index in [9.17, 15) is 0 Å². The topological polar surface area (TPSA) is 38.1 Å². The number of hydrogen-bond acceptors (Lipinski definition) is 3. The summed E-state index contributed by atoms with van der Waals surface area (Å²) in [4.78, 5) is 5.11. The van der Waals surface area contributed by atoms with Crippen LogP contribution in [0.2, 0.25) is 0 Å². The largest absolute Gasteiger partial charge is 0.436 e. The molecule has 1 aliphatic heterocycles. The quantitative estimate of drug-likeness (QED) is 0.213. The Morgan fingerprint density at radius 2 is 1.34 bits per heavy atom. The monoisotopic (exact) mass is 604 g/mol. The van der Waals surface area contributed by atoms with Crippen molar-refractivity contribution >= 4 is 33.0 Å². The van der Waals surface area contributed by atoms with E-state index in [-0.39, 0.29) is 0 Å². The summed E-state index contributed by atoms with van der Waals surface area (Å²) >= 11 is 0. The number of benzene rings is 5. The molecule has 3 nitrogen and oxygen atoms in total. The molecule has 2 atom stereocenters. The standard InChI is InChI=1S/C44H32N2O/c1-3-8-35-24-37(21-17-29(35)6-1)40-26-41(38-22-18-30-7-2-4-9-36(30)25-38)43-42(27-40)47-44(46-43)34-19-15-32(16-20-34)31-11-13-33(14-12-31)39-10-5-23-45-28-39/h1-27,29,35,45H,28H2. The van der Waals surface area contributed by atoms with Crippen LogP contribution in [0.3, 0.4) is 0 Å². The van der Waals surface area contributed by atoms with Crippen LogP contribution in [0.5, 0.6) is 0 Å². The van der Waals surface area contributed by atoms with E-state index in [0.717, 1.165) is 45.5 Å². The molecule has 3 aliphatic rings. The van der Waals surface area contributed by atoms with Crippen LogP contribution in [0, 0.1) is 11.8 Å². The fourth-order valence-electron chi connectivity index (χ4n) is 6.91. The molecule has 0 saturated carbocycles. The van der Waals surface area contributed by atoms with Crippen molar-refractivity contribution in [2.24, 2.45) is 11.8 Å². The normalized spacial score (nSPS) is 18.2. The van der Waals surface area contributed by atoms with Gasteiger partial charge in [-0.15, -0.1) is 0 Å². The van der Waals surface area contributed by atoms with Crippen LogP contribution in [0.15, 0.2) is 168 Å². The smallest absolute Gasteiger partial charge is 0.227 e. The Hall–Kier alpha value is -5.93. The molecule has 1 aromatic heterocycles. The molecule has 5 aromatic carbocycles. The van der Waals surface area contributed by atoms with Gasteiger partial charge in [-0.2, -0.15) is 0 Å². The first-order valence-corrected chi connectivity index (χ1v) is 16.2. The van der Waals surface area contributed by atoms with Gasteiger partial charge in [0.05, 0.1) is 0 Å². The Morgan fingerprint density at radius 3 is 2.13 bits per heavy atom. The highest BCUT2D eigenvalue weighted by Crippen LogP contribution is 2.39. The molecule has 9 rings (SSSR count). The molecule has 2 heterocycles. The summed E-state index contributed by atoms with van der Waals surface area (Å²) < 4.78 is 6.57. The lowest BCUT2D eigenvalue weighted by molar-refractivity contribution is 0.619. The summed E-state index contributed by atoms with van der Waals surface area (Å²) in [6.07, 6.45) is 22.0. The van der Waals surface area contributed by atoms with Gasteiger partial charge in [0, 0.05) is 29.5 Å². The summed E-state index contributed by atoms with van der Waals surface area (Å²) in [6.45, 7) is 0.851. The molecule has 0 fully saturated rings. The minimum Gasteiger partial charge on any atom is -0.436 e. The summed E-state index contributed by atoms with van der Waals surface area (Å²) in [7, 11) is 0. The fraction of sp³-hybridized carbons (Fsp3) is 0.0682. The van der Waals surface area contributed by atoms with Crippen molar-refractivity contribution in [3.05, 3.63) is 175 Å². The summed E-state index contributed by atoms with van der Waals surface area (Å²) in [5.74, 6) is 1.40. The van der Waals surface area contributed by atoms with Gasteiger partial charge in [-0.25, -0.2) is 4.98 Å². The molecule has 2 aliphatic carbocycles. The van der Waals surface area contributed by atoms with Crippen LogP contribution in [0.4, 0.5) is 0 Å². The fourth-order valence-corrected chi connectivity index (χ4v) is 6.91. The predicted octanol–water partition coefficient (Wildman–Crippen LogP) is 10.8. The van der Waals surface area contributed by atoms with Crippen molar-refractivity contribution in [2.45, 2.75) is 0 Å². The van der Waals surface area contributed by atoms with Gasteiger partial charge < -0.3 is 9.73 Å². The zero-order chi connectivity index (χ0) is 31.2. The highest BCUT2D eigenvalue weighted by molar-refractivity contribution is 5.98. The molecule has 0 saturated heterocycles. The molecule has 47 heavy (non-hydrogen) atoms. The SMILES string of the molecule is C1=CNCC(c2ccc(-c3ccc(-c4nc5c(-c6ccc7ccccc7c6)cc(C6=CC7C=CC=CC7C=C6)cc5o4)cc3)cc2)=C1. The number of hydrogen-bond donors (Lipinski definition) is 1. The van der Waals surface area contributed by atoms with E-state index >= 15 is 0 Å². The minimum absolute atomic E-state index is 0.360. The van der Waals surface area contributed by atoms with Crippen molar-refractivity contribution in [1.29, 1.82) is 0 Å². The van der Waals surface area contributed by atoms with Crippen LogP contribution in [0.1, 0.15) is 11.1 Å². The number of allylic oxidation sites excluding steroid dienone is 10. The third-order valence-electron chi connectivity index (χ3n) is 9.51. The maximum absolute atomic E-state index is 6.57. The van der Waals surface area contributed by atoms with Crippen molar-refractivity contribution in [3.8, 4) is 33.7 Å². The lowest BCUT2D eigenvalue weighted by Crippen LogP contribution is -2.11. The van der Waals surface area contributed by atoms with E-state index in [2.05, 4.69) is 157 Å². The lowest BCUT2D eigenvalue weighted by Gasteiger charge is -2.23. The van der Waals surface area contributed by atoms with E-state index in [1.165, 1.54) is 33.0 Å². The van der Waals surface area contributed by atoms with Crippen LogP contribution in [-0.4, -0.2) is 11.5 Å². The lowest BCUT2D eigenvalue weighted by atomic mass is 9.81. The van der Waals surface area contributed by atoms with Gasteiger partial charge in [-0.05, 0) is 92.3 Å². The molecule has 1 N–H and O–H groups in total. The molecular formula is C44H32N2O. The summed E-state index contributed by atoms with van der Waals surface area (Å²) in [5.41, 5.74) is 12.0. The average Bonchev–Trinajstić information content (AvgIpc) is 3.59. The Morgan fingerprint density at radius 1 is 0.617 bits per heavy atom. The van der Waals surface area contributed by atoms with Crippen molar-refractivity contribution < 1.29 is 4.42 Å². The van der Waals surface area contributed by atoms with E-state index in [0.29, 0.717) is 17.7 Å². The van der Waals surface area contributed by atoms with Crippen molar-refractivity contribution in [3.63, 3.8) is 0 Å². The molecule has 0 amide bonds. The number of rotatable bonds is 5. The van der Waals surface area contributed by atoms with Gasteiger partial charge >= 0.3 is 0 Å². The Balaban J connectivity index is 1.10. The second kappa shape index (κ2) is 11.5. The third-order valence-corrected chi connectivity index (χ3v) is 9.51. The van der Waals surface area contributed by atoms with Crippen molar-refractivity contribution in [1.82, 2.24) is 10.3 Å². The molecular weight excluding hydrogens is 572 g/mol. The summed E-state index contributed by atoms with van der Waals surface area (Å²) in [6, 6.07) is 36.9. The highest BCUT2D eigenvalue weighted by Gasteiger charge is 2.21. The van der Waals surface area contributed by atoms with Crippen LogP contribution >= 0.6 is 0 Å². The average molecular weight is 605 g/mol. The Kier molecular flexibility index (Phi) is 6.68.